The Morgan fingerprint density at radius 1 is 1.04 bits per heavy atom. The zero-order valence-electron chi connectivity index (χ0n) is 15.3. The van der Waals surface area contributed by atoms with Crippen molar-refractivity contribution >= 4 is 24.0 Å². The summed E-state index contributed by atoms with van der Waals surface area (Å²) < 4.78 is 11.7. The number of nitrogens with one attached hydrogen (secondary N) is 1. The van der Waals surface area contributed by atoms with Crippen molar-refractivity contribution in [3.05, 3.63) is 58.1 Å². The van der Waals surface area contributed by atoms with Crippen LogP contribution in [0.5, 0.6) is 11.5 Å². The van der Waals surface area contributed by atoms with Crippen LogP contribution in [0.3, 0.4) is 0 Å². The molecule has 0 aliphatic carbocycles. The number of aryl methyl sites for hydroxylation is 1. The van der Waals surface area contributed by atoms with E-state index in [0.717, 1.165) is 17.7 Å². The van der Waals surface area contributed by atoms with Crippen LogP contribution < -0.4 is 14.8 Å². The molecule has 0 amide bonds. The van der Waals surface area contributed by atoms with Gasteiger partial charge in [-0.15, -0.1) is 12.4 Å². The van der Waals surface area contributed by atoms with Crippen molar-refractivity contribution in [2.75, 3.05) is 6.61 Å². The van der Waals surface area contributed by atoms with E-state index < -0.39 is 0 Å². The molecule has 0 spiro atoms. The molecule has 2 rings (SSSR count). The maximum Gasteiger partial charge on any atom is 0.180 e. The molecule has 0 saturated heterocycles. The van der Waals surface area contributed by atoms with Crippen LogP contribution in [0.25, 0.3) is 0 Å². The van der Waals surface area contributed by atoms with Crippen molar-refractivity contribution in [3.8, 4) is 11.5 Å². The van der Waals surface area contributed by atoms with Crippen molar-refractivity contribution in [1.82, 2.24) is 5.32 Å². The second-order valence-corrected chi connectivity index (χ2v) is 6.55. The molecule has 0 unspecified atom stereocenters. The predicted octanol–water partition coefficient (Wildman–Crippen LogP) is 5.55. The minimum Gasteiger partial charge on any atom is -0.490 e. The first-order chi connectivity index (χ1) is 11.5. The summed E-state index contributed by atoms with van der Waals surface area (Å²) >= 11 is 6.44. The van der Waals surface area contributed by atoms with Crippen LogP contribution in [0.2, 0.25) is 5.02 Å². The maximum absolute atomic E-state index is 6.44. The lowest BCUT2D eigenvalue weighted by Crippen LogP contribution is -2.21. The first-order valence-electron chi connectivity index (χ1n) is 8.36. The van der Waals surface area contributed by atoms with Gasteiger partial charge in [0.15, 0.2) is 11.5 Å². The molecule has 0 aromatic heterocycles. The molecule has 0 atom stereocenters. The first-order valence-corrected chi connectivity index (χ1v) is 8.74. The fourth-order valence-electron chi connectivity index (χ4n) is 2.29. The second-order valence-electron chi connectivity index (χ2n) is 6.15. The van der Waals surface area contributed by atoms with E-state index in [4.69, 9.17) is 21.1 Å². The van der Waals surface area contributed by atoms with Crippen molar-refractivity contribution in [2.45, 2.75) is 46.9 Å². The van der Waals surface area contributed by atoms with Crippen molar-refractivity contribution in [2.24, 2.45) is 0 Å². The van der Waals surface area contributed by atoms with Gasteiger partial charge < -0.3 is 14.8 Å². The van der Waals surface area contributed by atoms with Crippen molar-refractivity contribution in [3.63, 3.8) is 0 Å². The Bertz CT molecular complexity index is 657. The van der Waals surface area contributed by atoms with Crippen molar-refractivity contribution in [1.29, 1.82) is 0 Å². The Morgan fingerprint density at radius 3 is 2.32 bits per heavy atom. The lowest BCUT2D eigenvalue weighted by Gasteiger charge is -2.16. The Hall–Kier alpha value is -1.42. The van der Waals surface area contributed by atoms with E-state index in [-0.39, 0.29) is 12.4 Å². The second kappa shape index (κ2) is 10.5. The van der Waals surface area contributed by atoms with Gasteiger partial charge in [-0.2, -0.15) is 0 Å². The van der Waals surface area contributed by atoms with Gasteiger partial charge in [-0.3, -0.25) is 0 Å². The molecule has 25 heavy (non-hydrogen) atoms. The molecular weight excluding hydrogens is 357 g/mol. The molecule has 0 bridgehead atoms. The minimum absolute atomic E-state index is 0. The zero-order valence-corrected chi connectivity index (χ0v) is 16.8. The van der Waals surface area contributed by atoms with E-state index in [0.29, 0.717) is 35.8 Å². The fraction of sp³-hybridized carbons (Fsp3) is 0.400. The number of rotatable bonds is 8. The Labute approximate surface area is 162 Å². The highest BCUT2D eigenvalue weighted by molar-refractivity contribution is 6.32. The third-order valence-electron chi connectivity index (χ3n) is 3.59. The summed E-state index contributed by atoms with van der Waals surface area (Å²) in [4.78, 5) is 0. The van der Waals surface area contributed by atoms with Gasteiger partial charge in [-0.1, -0.05) is 55.3 Å². The Kier molecular flexibility index (Phi) is 9.12. The van der Waals surface area contributed by atoms with Gasteiger partial charge in [-0.05, 0) is 37.1 Å². The summed E-state index contributed by atoms with van der Waals surface area (Å²) in [5, 5.41) is 3.96. The number of hydrogen-bond donors (Lipinski definition) is 1. The molecule has 1 N–H and O–H groups in total. The Balaban J connectivity index is 0.00000312. The molecule has 3 nitrogen and oxygen atoms in total. The van der Waals surface area contributed by atoms with E-state index >= 15 is 0 Å². The van der Waals surface area contributed by atoms with E-state index in [1.54, 1.807) is 0 Å². The molecule has 5 heteroatoms. The number of halogens is 2. The van der Waals surface area contributed by atoms with E-state index in [1.807, 2.05) is 19.1 Å². The van der Waals surface area contributed by atoms with Gasteiger partial charge in [0.25, 0.3) is 0 Å². The smallest absolute Gasteiger partial charge is 0.180 e. The van der Waals surface area contributed by atoms with Gasteiger partial charge >= 0.3 is 0 Å². The summed E-state index contributed by atoms with van der Waals surface area (Å²) in [6.07, 6.45) is 0. The average Bonchev–Trinajstić information content (AvgIpc) is 2.54. The Morgan fingerprint density at radius 2 is 1.72 bits per heavy atom. The van der Waals surface area contributed by atoms with E-state index in [9.17, 15) is 0 Å². The van der Waals surface area contributed by atoms with Gasteiger partial charge in [0.1, 0.15) is 6.61 Å². The summed E-state index contributed by atoms with van der Waals surface area (Å²) in [5.41, 5.74) is 3.42. The molecule has 0 fully saturated rings. The molecule has 2 aromatic rings. The molecule has 0 radical (unpaired) electrons. The summed E-state index contributed by atoms with van der Waals surface area (Å²) in [6, 6.07) is 12.6. The van der Waals surface area contributed by atoms with Gasteiger partial charge in [0.2, 0.25) is 0 Å². The minimum atomic E-state index is 0. The normalized spacial score (nSPS) is 10.5. The molecule has 0 aliphatic rings. The zero-order chi connectivity index (χ0) is 17.5. The third kappa shape index (κ3) is 6.77. The van der Waals surface area contributed by atoms with Crippen molar-refractivity contribution < 1.29 is 9.47 Å². The lowest BCUT2D eigenvalue weighted by atomic mass is 10.1. The fourth-order valence-corrected chi connectivity index (χ4v) is 2.58. The quantitative estimate of drug-likeness (QED) is 0.648. The molecule has 0 saturated carbocycles. The SMILES string of the molecule is CCOc1cc(CNC(C)C)cc(Cl)c1OCc1ccc(C)cc1.Cl. The monoisotopic (exact) mass is 383 g/mol. The van der Waals surface area contributed by atoms with E-state index in [2.05, 4.69) is 50.4 Å². The van der Waals surface area contributed by atoms with Crippen LogP contribution >= 0.6 is 24.0 Å². The summed E-state index contributed by atoms with van der Waals surface area (Å²) in [5.74, 6) is 1.30. The van der Waals surface area contributed by atoms with Crippen LogP contribution in [0.15, 0.2) is 36.4 Å². The standard InChI is InChI=1S/C20H26ClNO2.ClH/c1-5-23-19-11-17(12-22-14(2)3)10-18(21)20(19)24-13-16-8-6-15(4)7-9-16;/h6-11,14,22H,5,12-13H2,1-4H3;1H. The van der Waals surface area contributed by atoms with Crippen LogP contribution in [0, 0.1) is 6.92 Å². The molecular formula is C20H27Cl2NO2. The largest absolute Gasteiger partial charge is 0.490 e. The summed E-state index contributed by atoms with van der Waals surface area (Å²) in [6.45, 7) is 10.0. The number of ether oxygens (including phenoxy) is 2. The first kappa shape index (κ1) is 21.6. The average molecular weight is 384 g/mol. The van der Waals surface area contributed by atoms with Crippen LogP contribution in [0.1, 0.15) is 37.5 Å². The van der Waals surface area contributed by atoms with Gasteiger partial charge in [0, 0.05) is 12.6 Å². The highest BCUT2D eigenvalue weighted by Crippen LogP contribution is 2.37. The van der Waals surface area contributed by atoms with Gasteiger partial charge in [-0.25, -0.2) is 0 Å². The summed E-state index contributed by atoms with van der Waals surface area (Å²) in [7, 11) is 0. The molecule has 2 aromatic carbocycles. The number of benzene rings is 2. The maximum atomic E-state index is 6.44. The molecule has 138 valence electrons. The predicted molar refractivity (Wildman–Crippen MR) is 107 cm³/mol. The van der Waals surface area contributed by atoms with Crippen LogP contribution in [-0.4, -0.2) is 12.6 Å². The van der Waals surface area contributed by atoms with Crippen LogP contribution in [-0.2, 0) is 13.2 Å². The number of hydrogen-bond acceptors (Lipinski definition) is 3. The van der Waals surface area contributed by atoms with E-state index in [1.165, 1.54) is 5.56 Å². The lowest BCUT2D eigenvalue weighted by molar-refractivity contribution is 0.269. The highest BCUT2D eigenvalue weighted by atomic mass is 35.5. The molecule has 0 heterocycles. The van der Waals surface area contributed by atoms with Gasteiger partial charge in [0.05, 0.1) is 11.6 Å². The topological polar surface area (TPSA) is 30.5 Å². The van der Waals surface area contributed by atoms with Crippen LogP contribution in [0.4, 0.5) is 0 Å². The molecule has 0 aliphatic heterocycles. The highest BCUT2D eigenvalue weighted by Gasteiger charge is 2.13. The third-order valence-corrected chi connectivity index (χ3v) is 3.87.